The summed E-state index contributed by atoms with van der Waals surface area (Å²) in [6.07, 6.45) is 3.27. The van der Waals surface area contributed by atoms with Gasteiger partial charge in [-0.25, -0.2) is 0 Å². The van der Waals surface area contributed by atoms with Gasteiger partial charge in [0.15, 0.2) is 0 Å². The number of carbonyl (C=O) groups excluding carboxylic acids is 1. The maximum Gasteiger partial charge on any atom is 0.255 e. The van der Waals surface area contributed by atoms with Gasteiger partial charge in [-0.3, -0.25) is 14.8 Å². The van der Waals surface area contributed by atoms with E-state index in [1.807, 2.05) is 12.1 Å². The van der Waals surface area contributed by atoms with Crippen molar-refractivity contribution in [3.63, 3.8) is 0 Å². The fourth-order valence-electron chi connectivity index (χ4n) is 2.50. The molecule has 2 heterocycles. The minimum absolute atomic E-state index is 0.0359. The molecule has 110 valence electrons. The lowest BCUT2D eigenvalue weighted by atomic mass is 10.1. The smallest absolute Gasteiger partial charge is 0.255 e. The van der Waals surface area contributed by atoms with Crippen molar-refractivity contribution in [3.8, 4) is 0 Å². The van der Waals surface area contributed by atoms with Gasteiger partial charge in [0.25, 0.3) is 5.91 Å². The van der Waals surface area contributed by atoms with Gasteiger partial charge in [-0.15, -0.1) is 0 Å². The van der Waals surface area contributed by atoms with Crippen LogP contribution in [0, 0.1) is 0 Å². The molecule has 6 nitrogen and oxygen atoms in total. The quantitative estimate of drug-likeness (QED) is 0.899. The zero-order valence-electron chi connectivity index (χ0n) is 12.0. The highest BCUT2D eigenvalue weighted by atomic mass is 16.5. The number of fused-ring (bicyclic) bond motifs is 1. The average molecular weight is 286 g/mol. The molecular weight excluding hydrogens is 268 g/mol. The second kappa shape index (κ2) is 6.15. The molecule has 0 aliphatic carbocycles. The van der Waals surface area contributed by atoms with Crippen LogP contribution in [0.15, 0.2) is 30.6 Å². The van der Waals surface area contributed by atoms with Crippen molar-refractivity contribution in [3.05, 3.63) is 36.2 Å². The van der Waals surface area contributed by atoms with Crippen molar-refractivity contribution in [1.29, 1.82) is 0 Å². The van der Waals surface area contributed by atoms with E-state index < -0.39 is 0 Å². The summed E-state index contributed by atoms with van der Waals surface area (Å²) in [6.45, 7) is 2.88. The highest BCUT2D eigenvalue weighted by Gasteiger charge is 2.21. The summed E-state index contributed by atoms with van der Waals surface area (Å²) < 4.78 is 5.64. The maximum absolute atomic E-state index is 12.6. The Hall–Kier alpha value is -2.05. The summed E-state index contributed by atoms with van der Waals surface area (Å²) in [5.41, 5.74) is 1.94. The number of ether oxygens (including phenoxy) is 1. The first-order chi connectivity index (χ1) is 10.3. The molecule has 0 radical (unpaired) electrons. The number of morpholine rings is 1. The summed E-state index contributed by atoms with van der Waals surface area (Å²) in [4.78, 5) is 22.8. The van der Waals surface area contributed by atoms with Crippen LogP contribution in [0.2, 0.25) is 0 Å². The number of nitrogens with zero attached hydrogens (tertiary/aromatic N) is 3. The standard InChI is InChI=1S/C15H18N4O2/c1-19(10-11-9-16-7-8-21-11)15(20)12-3-2-4-13-14(12)18-6-5-17-13/h2-6,11,16H,7-10H2,1H3. The van der Waals surface area contributed by atoms with Gasteiger partial charge in [-0.05, 0) is 12.1 Å². The maximum atomic E-state index is 12.6. The van der Waals surface area contributed by atoms with E-state index in [2.05, 4.69) is 15.3 Å². The first kappa shape index (κ1) is 13.9. The molecule has 2 aromatic rings. The van der Waals surface area contributed by atoms with Crippen molar-refractivity contribution in [1.82, 2.24) is 20.2 Å². The highest BCUT2D eigenvalue weighted by molar-refractivity contribution is 6.04. The Bertz CT molecular complexity index is 635. The van der Waals surface area contributed by atoms with E-state index >= 15 is 0 Å². The molecule has 0 bridgehead atoms. The lowest BCUT2D eigenvalue weighted by molar-refractivity contribution is 0.0104. The van der Waals surface area contributed by atoms with E-state index in [-0.39, 0.29) is 12.0 Å². The molecule has 1 aromatic heterocycles. The number of benzene rings is 1. The molecule has 1 atom stereocenters. The average Bonchev–Trinajstić information content (AvgIpc) is 2.54. The van der Waals surface area contributed by atoms with Crippen LogP contribution in [-0.2, 0) is 4.74 Å². The van der Waals surface area contributed by atoms with E-state index in [0.717, 1.165) is 18.6 Å². The lowest BCUT2D eigenvalue weighted by Crippen LogP contribution is -2.45. The Morgan fingerprint density at radius 2 is 2.29 bits per heavy atom. The van der Waals surface area contributed by atoms with Gasteiger partial charge in [-0.2, -0.15) is 0 Å². The van der Waals surface area contributed by atoms with Crippen LogP contribution in [-0.4, -0.2) is 60.2 Å². The molecule has 1 amide bonds. The Kier molecular flexibility index (Phi) is 4.08. The van der Waals surface area contributed by atoms with Crippen molar-refractivity contribution >= 4 is 16.9 Å². The Morgan fingerprint density at radius 1 is 1.43 bits per heavy atom. The van der Waals surface area contributed by atoms with E-state index in [4.69, 9.17) is 4.74 Å². The Balaban J connectivity index is 1.79. The first-order valence-electron chi connectivity index (χ1n) is 7.03. The molecule has 6 heteroatoms. The van der Waals surface area contributed by atoms with Gasteiger partial charge in [0.05, 0.1) is 23.8 Å². The number of rotatable bonds is 3. The molecule has 1 N–H and O–H groups in total. The van der Waals surface area contributed by atoms with Gasteiger partial charge in [0.1, 0.15) is 5.52 Å². The summed E-state index contributed by atoms with van der Waals surface area (Å²) in [7, 11) is 1.79. The van der Waals surface area contributed by atoms with E-state index in [9.17, 15) is 4.79 Å². The molecule has 1 aliphatic heterocycles. The Labute approximate surface area is 123 Å². The van der Waals surface area contributed by atoms with Crippen LogP contribution in [0.1, 0.15) is 10.4 Å². The van der Waals surface area contributed by atoms with Gasteiger partial charge in [-0.1, -0.05) is 6.07 Å². The number of likely N-dealkylation sites (N-methyl/N-ethyl adjacent to an activating group) is 1. The second-order valence-electron chi connectivity index (χ2n) is 5.11. The van der Waals surface area contributed by atoms with Crippen LogP contribution in [0.3, 0.4) is 0 Å². The number of carbonyl (C=O) groups is 1. The summed E-state index contributed by atoms with van der Waals surface area (Å²) in [6, 6.07) is 5.47. The lowest BCUT2D eigenvalue weighted by Gasteiger charge is -2.28. The van der Waals surface area contributed by atoms with Crippen molar-refractivity contribution in [2.75, 3.05) is 33.3 Å². The van der Waals surface area contributed by atoms with Gasteiger partial charge in [0.2, 0.25) is 0 Å². The predicted octanol–water partition coefficient (Wildman–Crippen LogP) is 0.690. The second-order valence-corrected chi connectivity index (χ2v) is 5.11. The van der Waals surface area contributed by atoms with E-state index in [1.54, 1.807) is 30.4 Å². The number of hydrogen-bond acceptors (Lipinski definition) is 5. The molecule has 1 aromatic carbocycles. The van der Waals surface area contributed by atoms with Gasteiger partial charge < -0.3 is 15.0 Å². The third kappa shape index (κ3) is 3.01. The minimum Gasteiger partial charge on any atom is -0.374 e. The minimum atomic E-state index is -0.0599. The normalized spacial score (nSPS) is 18.6. The predicted molar refractivity (Wildman–Crippen MR) is 79.1 cm³/mol. The monoisotopic (exact) mass is 286 g/mol. The first-order valence-corrected chi connectivity index (χ1v) is 7.03. The van der Waals surface area contributed by atoms with Crippen molar-refractivity contribution < 1.29 is 9.53 Å². The van der Waals surface area contributed by atoms with Crippen LogP contribution in [0.5, 0.6) is 0 Å². The molecular formula is C15H18N4O2. The van der Waals surface area contributed by atoms with Crippen LogP contribution in [0.4, 0.5) is 0 Å². The fourth-order valence-corrected chi connectivity index (χ4v) is 2.50. The molecule has 3 rings (SSSR count). The van der Waals surface area contributed by atoms with E-state index in [0.29, 0.717) is 24.2 Å². The Morgan fingerprint density at radius 3 is 3.10 bits per heavy atom. The molecule has 1 unspecified atom stereocenters. The third-order valence-corrected chi connectivity index (χ3v) is 3.56. The van der Waals surface area contributed by atoms with Crippen LogP contribution in [0.25, 0.3) is 11.0 Å². The summed E-state index contributed by atoms with van der Waals surface area (Å²) in [5, 5.41) is 3.26. The highest BCUT2D eigenvalue weighted by Crippen LogP contribution is 2.16. The number of hydrogen-bond donors (Lipinski definition) is 1. The zero-order valence-corrected chi connectivity index (χ0v) is 12.0. The largest absolute Gasteiger partial charge is 0.374 e. The summed E-state index contributed by atoms with van der Waals surface area (Å²) >= 11 is 0. The van der Waals surface area contributed by atoms with E-state index in [1.165, 1.54) is 0 Å². The molecule has 1 saturated heterocycles. The SMILES string of the molecule is CN(CC1CNCCO1)C(=O)c1cccc2nccnc12. The van der Waals surface area contributed by atoms with Crippen molar-refractivity contribution in [2.24, 2.45) is 0 Å². The van der Waals surface area contributed by atoms with Crippen molar-refractivity contribution in [2.45, 2.75) is 6.10 Å². The van der Waals surface area contributed by atoms with Crippen LogP contribution >= 0.6 is 0 Å². The summed E-state index contributed by atoms with van der Waals surface area (Å²) in [5.74, 6) is -0.0599. The number of amides is 1. The number of para-hydroxylation sites is 1. The third-order valence-electron chi connectivity index (χ3n) is 3.56. The molecule has 21 heavy (non-hydrogen) atoms. The zero-order chi connectivity index (χ0) is 14.7. The molecule has 1 aliphatic rings. The molecule has 1 fully saturated rings. The fraction of sp³-hybridized carbons (Fsp3) is 0.400. The molecule has 0 spiro atoms. The van der Waals surface area contributed by atoms with Gasteiger partial charge in [0, 0.05) is 39.1 Å². The topological polar surface area (TPSA) is 67.3 Å². The number of nitrogens with one attached hydrogen (secondary N) is 1. The molecule has 0 saturated carbocycles. The van der Waals surface area contributed by atoms with Crippen LogP contribution < -0.4 is 5.32 Å². The van der Waals surface area contributed by atoms with Gasteiger partial charge >= 0.3 is 0 Å². The number of aromatic nitrogens is 2.